The smallest absolute Gasteiger partial charge is 0.243 e. The number of fused-ring (bicyclic) bond motifs is 1. The lowest BCUT2D eigenvalue weighted by Crippen LogP contribution is -2.33. The van der Waals surface area contributed by atoms with Crippen LogP contribution in [0.4, 0.5) is 0 Å². The molecule has 158 valence electrons. The molecule has 0 atom stereocenters. The number of carbonyl (C=O) groups is 1. The number of benzene rings is 1. The summed E-state index contributed by atoms with van der Waals surface area (Å²) in [5.41, 5.74) is 0.966. The van der Waals surface area contributed by atoms with E-state index in [2.05, 4.69) is 5.32 Å². The lowest BCUT2D eigenvalue weighted by Gasteiger charge is -2.20. The summed E-state index contributed by atoms with van der Waals surface area (Å²) in [7, 11) is -3.45. The number of nitrogens with one attached hydrogen (secondary N) is 1. The molecule has 6 nitrogen and oxygen atoms in total. The molecule has 2 aliphatic rings. The molecule has 1 saturated heterocycles. The predicted molar refractivity (Wildman–Crippen MR) is 114 cm³/mol. The zero-order valence-electron chi connectivity index (χ0n) is 17.0. The Labute approximate surface area is 173 Å². The number of rotatable bonds is 6. The number of aryl methyl sites for hydroxylation is 1. The number of aromatic nitrogens is 1. The standard InChI is InChI=1S/C22H31N3O3S/c26-22(23-19-7-3-4-8-19)12-16-24-15-11-18-17-20(9-10-21(18)24)29(27,28)25-13-5-1-2-6-14-25/h9-11,15,17,19H,1-8,12-14,16H2,(H,23,26). The molecule has 1 aliphatic carbocycles. The third-order valence-corrected chi connectivity index (χ3v) is 8.14. The summed E-state index contributed by atoms with van der Waals surface area (Å²) in [5, 5.41) is 4.02. The van der Waals surface area contributed by atoms with Gasteiger partial charge in [-0.05, 0) is 49.9 Å². The Balaban J connectivity index is 1.44. The Kier molecular flexibility index (Phi) is 6.25. The highest BCUT2D eigenvalue weighted by atomic mass is 32.2. The van der Waals surface area contributed by atoms with Crippen LogP contribution in [0.25, 0.3) is 10.9 Å². The maximum atomic E-state index is 13.0. The van der Waals surface area contributed by atoms with Crippen molar-refractivity contribution in [3.8, 4) is 0 Å². The zero-order valence-corrected chi connectivity index (χ0v) is 17.8. The van der Waals surface area contributed by atoms with Crippen molar-refractivity contribution in [3.63, 3.8) is 0 Å². The van der Waals surface area contributed by atoms with Crippen molar-refractivity contribution in [3.05, 3.63) is 30.5 Å². The molecule has 2 fully saturated rings. The van der Waals surface area contributed by atoms with Gasteiger partial charge in [-0.3, -0.25) is 4.79 Å². The van der Waals surface area contributed by atoms with Gasteiger partial charge < -0.3 is 9.88 Å². The van der Waals surface area contributed by atoms with Crippen molar-refractivity contribution in [1.82, 2.24) is 14.2 Å². The fraction of sp³-hybridized carbons (Fsp3) is 0.591. The van der Waals surface area contributed by atoms with E-state index in [-0.39, 0.29) is 5.91 Å². The molecule has 1 saturated carbocycles. The average molecular weight is 418 g/mol. The molecule has 1 aliphatic heterocycles. The van der Waals surface area contributed by atoms with Gasteiger partial charge in [0.1, 0.15) is 0 Å². The molecule has 29 heavy (non-hydrogen) atoms. The van der Waals surface area contributed by atoms with E-state index < -0.39 is 10.0 Å². The minimum absolute atomic E-state index is 0.0964. The third-order valence-electron chi connectivity index (χ3n) is 6.25. The highest BCUT2D eigenvalue weighted by Gasteiger charge is 2.25. The summed E-state index contributed by atoms with van der Waals surface area (Å²) < 4.78 is 29.7. The summed E-state index contributed by atoms with van der Waals surface area (Å²) >= 11 is 0. The second-order valence-corrected chi connectivity index (χ2v) is 10.3. The number of nitrogens with zero attached hydrogens (tertiary/aromatic N) is 2. The SMILES string of the molecule is O=C(CCn1ccc2cc(S(=O)(=O)N3CCCCCC3)ccc21)NC1CCCC1. The van der Waals surface area contributed by atoms with Crippen LogP contribution in [0.5, 0.6) is 0 Å². The molecule has 1 N–H and O–H groups in total. The van der Waals surface area contributed by atoms with E-state index in [4.69, 9.17) is 0 Å². The Hall–Kier alpha value is -1.86. The number of carbonyl (C=O) groups excluding carboxylic acids is 1. The molecule has 1 aromatic carbocycles. The van der Waals surface area contributed by atoms with Crippen molar-refractivity contribution < 1.29 is 13.2 Å². The molecule has 0 spiro atoms. The van der Waals surface area contributed by atoms with Gasteiger partial charge in [0.05, 0.1) is 4.90 Å². The fourth-order valence-corrected chi connectivity index (χ4v) is 6.11. The van der Waals surface area contributed by atoms with Crippen LogP contribution in [0.1, 0.15) is 57.8 Å². The van der Waals surface area contributed by atoms with Crippen LogP contribution in [0.2, 0.25) is 0 Å². The van der Waals surface area contributed by atoms with E-state index in [0.29, 0.717) is 37.0 Å². The molecular formula is C22H31N3O3S. The summed E-state index contributed by atoms with van der Waals surface area (Å²) in [6.07, 6.45) is 11.0. The molecule has 1 aromatic heterocycles. The van der Waals surface area contributed by atoms with Crippen LogP contribution in [-0.2, 0) is 21.4 Å². The van der Waals surface area contributed by atoms with Crippen LogP contribution >= 0.6 is 0 Å². The van der Waals surface area contributed by atoms with Crippen LogP contribution < -0.4 is 5.32 Å². The van der Waals surface area contributed by atoms with E-state index in [1.807, 2.05) is 22.9 Å². The summed E-state index contributed by atoms with van der Waals surface area (Å²) in [5.74, 6) is 0.0964. The summed E-state index contributed by atoms with van der Waals surface area (Å²) in [6, 6.07) is 7.62. The van der Waals surface area contributed by atoms with Gasteiger partial charge in [0, 0.05) is 49.2 Å². The molecule has 0 bridgehead atoms. The first-order chi connectivity index (χ1) is 14.0. The number of hydrogen-bond donors (Lipinski definition) is 1. The quantitative estimate of drug-likeness (QED) is 0.780. The average Bonchev–Trinajstić information content (AvgIpc) is 3.27. The lowest BCUT2D eigenvalue weighted by molar-refractivity contribution is -0.121. The van der Waals surface area contributed by atoms with E-state index in [0.717, 1.165) is 49.4 Å². The van der Waals surface area contributed by atoms with Crippen molar-refractivity contribution in [1.29, 1.82) is 0 Å². The highest BCUT2D eigenvalue weighted by molar-refractivity contribution is 7.89. The molecule has 0 unspecified atom stereocenters. The Bertz CT molecular complexity index is 953. The van der Waals surface area contributed by atoms with Crippen molar-refractivity contribution in [2.24, 2.45) is 0 Å². The molecule has 2 aromatic rings. The largest absolute Gasteiger partial charge is 0.353 e. The first kappa shape index (κ1) is 20.4. The van der Waals surface area contributed by atoms with E-state index >= 15 is 0 Å². The monoisotopic (exact) mass is 417 g/mol. The summed E-state index contributed by atoms with van der Waals surface area (Å²) in [6.45, 7) is 1.81. The molecule has 0 radical (unpaired) electrons. The van der Waals surface area contributed by atoms with E-state index in [1.54, 1.807) is 16.4 Å². The Morgan fingerprint density at radius 1 is 1.00 bits per heavy atom. The van der Waals surface area contributed by atoms with Gasteiger partial charge in [-0.25, -0.2) is 8.42 Å². The number of hydrogen-bond acceptors (Lipinski definition) is 3. The first-order valence-electron chi connectivity index (χ1n) is 10.9. The van der Waals surface area contributed by atoms with Gasteiger partial charge in [-0.2, -0.15) is 4.31 Å². The van der Waals surface area contributed by atoms with Crippen LogP contribution in [0.15, 0.2) is 35.4 Å². The number of amides is 1. The maximum absolute atomic E-state index is 13.0. The Morgan fingerprint density at radius 2 is 1.72 bits per heavy atom. The Morgan fingerprint density at radius 3 is 2.45 bits per heavy atom. The van der Waals surface area contributed by atoms with Gasteiger partial charge in [0.25, 0.3) is 0 Å². The third kappa shape index (κ3) is 4.67. The first-order valence-corrected chi connectivity index (χ1v) is 12.4. The molecular weight excluding hydrogens is 386 g/mol. The summed E-state index contributed by atoms with van der Waals surface area (Å²) in [4.78, 5) is 12.6. The second kappa shape index (κ2) is 8.88. The molecule has 1 amide bonds. The minimum atomic E-state index is -3.45. The van der Waals surface area contributed by atoms with Gasteiger partial charge in [0.15, 0.2) is 0 Å². The molecule has 7 heteroatoms. The van der Waals surface area contributed by atoms with Crippen LogP contribution in [-0.4, -0.2) is 42.3 Å². The normalized spacial score (nSPS) is 19.4. The van der Waals surface area contributed by atoms with Crippen molar-refractivity contribution in [2.45, 2.75) is 75.3 Å². The van der Waals surface area contributed by atoms with E-state index in [9.17, 15) is 13.2 Å². The minimum Gasteiger partial charge on any atom is -0.353 e. The van der Waals surface area contributed by atoms with Crippen molar-refractivity contribution >= 4 is 26.8 Å². The van der Waals surface area contributed by atoms with Crippen LogP contribution in [0, 0.1) is 0 Å². The molecule has 2 heterocycles. The zero-order chi connectivity index (χ0) is 20.3. The predicted octanol–water partition coefficient (Wildman–Crippen LogP) is 3.65. The highest BCUT2D eigenvalue weighted by Crippen LogP contribution is 2.25. The van der Waals surface area contributed by atoms with Gasteiger partial charge in [-0.1, -0.05) is 25.7 Å². The maximum Gasteiger partial charge on any atom is 0.243 e. The number of sulfonamides is 1. The van der Waals surface area contributed by atoms with Gasteiger partial charge in [-0.15, -0.1) is 0 Å². The topological polar surface area (TPSA) is 71.4 Å². The van der Waals surface area contributed by atoms with E-state index in [1.165, 1.54) is 12.8 Å². The molecule has 4 rings (SSSR count). The fourth-order valence-electron chi connectivity index (χ4n) is 4.56. The van der Waals surface area contributed by atoms with Gasteiger partial charge in [0.2, 0.25) is 15.9 Å². The van der Waals surface area contributed by atoms with Crippen LogP contribution in [0.3, 0.4) is 0 Å². The van der Waals surface area contributed by atoms with Crippen molar-refractivity contribution in [2.75, 3.05) is 13.1 Å². The second-order valence-electron chi connectivity index (χ2n) is 8.35. The van der Waals surface area contributed by atoms with Gasteiger partial charge >= 0.3 is 0 Å². The lowest BCUT2D eigenvalue weighted by atomic mass is 10.2.